The van der Waals surface area contributed by atoms with Gasteiger partial charge in [0.15, 0.2) is 5.76 Å². The van der Waals surface area contributed by atoms with E-state index in [0.717, 1.165) is 19.3 Å². The first-order valence-corrected chi connectivity index (χ1v) is 4.73. The molecule has 0 radical (unpaired) electrons. The molecule has 1 heterocycles. The highest BCUT2D eigenvalue weighted by atomic mass is 16.3. The van der Waals surface area contributed by atoms with Crippen LogP contribution in [-0.2, 0) is 0 Å². The minimum atomic E-state index is -0.399. The summed E-state index contributed by atoms with van der Waals surface area (Å²) in [5, 5.41) is 11.9. The molecule has 0 bridgehead atoms. The van der Waals surface area contributed by atoms with Crippen molar-refractivity contribution >= 4 is 5.91 Å². The number of furan rings is 1. The fraction of sp³-hybridized carbons (Fsp3) is 0.500. The Bertz CT molecular complexity index is 309. The van der Waals surface area contributed by atoms with Gasteiger partial charge in [-0.2, -0.15) is 0 Å². The van der Waals surface area contributed by atoms with Crippen molar-refractivity contribution in [3.63, 3.8) is 0 Å². The summed E-state index contributed by atoms with van der Waals surface area (Å²) >= 11 is 0. The molecule has 1 fully saturated rings. The molecule has 0 aliphatic heterocycles. The van der Waals surface area contributed by atoms with Gasteiger partial charge in [0, 0.05) is 0 Å². The molecule has 0 aromatic carbocycles. The smallest absolute Gasteiger partial charge is 0.287 e. The van der Waals surface area contributed by atoms with E-state index in [2.05, 4.69) is 5.32 Å². The lowest BCUT2D eigenvalue weighted by Crippen LogP contribution is -2.56. The number of rotatable bonds is 3. The third-order valence-electron chi connectivity index (χ3n) is 2.74. The van der Waals surface area contributed by atoms with E-state index in [4.69, 9.17) is 9.52 Å². The van der Waals surface area contributed by atoms with Gasteiger partial charge in [0.1, 0.15) is 0 Å². The van der Waals surface area contributed by atoms with Gasteiger partial charge in [0.25, 0.3) is 5.91 Å². The van der Waals surface area contributed by atoms with E-state index in [1.165, 1.54) is 6.26 Å². The number of carbonyl (C=O) groups excluding carboxylic acids is 1. The Hall–Kier alpha value is -1.29. The third kappa shape index (κ3) is 1.53. The zero-order chi connectivity index (χ0) is 10.0. The minimum Gasteiger partial charge on any atom is -0.459 e. The molecule has 0 spiro atoms. The Labute approximate surface area is 81.9 Å². The highest BCUT2D eigenvalue weighted by Gasteiger charge is 2.38. The van der Waals surface area contributed by atoms with Crippen molar-refractivity contribution in [2.45, 2.75) is 24.8 Å². The second-order valence-corrected chi connectivity index (χ2v) is 3.72. The second-order valence-electron chi connectivity index (χ2n) is 3.72. The summed E-state index contributed by atoms with van der Waals surface area (Å²) in [5.74, 6) is 0.0495. The molecule has 0 atom stereocenters. The maximum atomic E-state index is 11.6. The number of aliphatic hydroxyl groups is 1. The topological polar surface area (TPSA) is 62.5 Å². The van der Waals surface area contributed by atoms with Crippen molar-refractivity contribution < 1.29 is 14.3 Å². The molecule has 1 aromatic rings. The SMILES string of the molecule is O=C(NC1(CO)CCC1)c1ccco1. The van der Waals surface area contributed by atoms with Crippen LogP contribution in [0, 0.1) is 0 Å². The summed E-state index contributed by atoms with van der Waals surface area (Å²) < 4.78 is 4.96. The van der Waals surface area contributed by atoms with Crippen LogP contribution < -0.4 is 5.32 Å². The summed E-state index contributed by atoms with van der Waals surface area (Å²) in [6.07, 6.45) is 4.20. The summed E-state index contributed by atoms with van der Waals surface area (Å²) in [6, 6.07) is 3.28. The van der Waals surface area contributed by atoms with Crippen molar-refractivity contribution in [3.05, 3.63) is 24.2 Å². The van der Waals surface area contributed by atoms with Gasteiger partial charge in [-0.05, 0) is 31.4 Å². The Morgan fingerprint density at radius 2 is 2.43 bits per heavy atom. The number of hydrogen-bond donors (Lipinski definition) is 2. The van der Waals surface area contributed by atoms with Gasteiger partial charge in [0.2, 0.25) is 0 Å². The number of nitrogens with one attached hydrogen (secondary N) is 1. The fourth-order valence-corrected chi connectivity index (χ4v) is 1.64. The summed E-state index contributed by atoms with van der Waals surface area (Å²) in [7, 11) is 0. The average molecular weight is 195 g/mol. The molecule has 1 saturated carbocycles. The van der Waals surface area contributed by atoms with Crippen molar-refractivity contribution in [1.82, 2.24) is 5.32 Å². The maximum Gasteiger partial charge on any atom is 0.287 e. The van der Waals surface area contributed by atoms with Crippen LogP contribution >= 0.6 is 0 Å². The molecule has 2 rings (SSSR count). The van der Waals surface area contributed by atoms with Crippen LogP contribution in [0.15, 0.2) is 22.8 Å². The van der Waals surface area contributed by atoms with E-state index >= 15 is 0 Å². The van der Waals surface area contributed by atoms with E-state index in [1.807, 2.05) is 0 Å². The molecule has 1 aromatic heterocycles. The Balaban J connectivity index is 2.01. The van der Waals surface area contributed by atoms with Gasteiger partial charge in [-0.15, -0.1) is 0 Å². The van der Waals surface area contributed by atoms with Crippen molar-refractivity contribution in [2.75, 3.05) is 6.61 Å². The van der Waals surface area contributed by atoms with E-state index in [9.17, 15) is 4.79 Å². The highest BCUT2D eigenvalue weighted by Crippen LogP contribution is 2.31. The van der Waals surface area contributed by atoms with Crippen LogP contribution in [0.25, 0.3) is 0 Å². The van der Waals surface area contributed by atoms with Crippen LogP contribution in [0.3, 0.4) is 0 Å². The zero-order valence-corrected chi connectivity index (χ0v) is 7.82. The Morgan fingerprint density at radius 3 is 2.86 bits per heavy atom. The van der Waals surface area contributed by atoms with E-state index in [-0.39, 0.29) is 12.5 Å². The van der Waals surface area contributed by atoms with Gasteiger partial charge in [-0.25, -0.2) is 0 Å². The molecule has 1 amide bonds. The lowest BCUT2D eigenvalue weighted by Gasteiger charge is -2.40. The maximum absolute atomic E-state index is 11.6. The Kier molecular flexibility index (Phi) is 2.29. The summed E-state index contributed by atoms with van der Waals surface area (Å²) in [5.41, 5.74) is -0.399. The molecule has 1 aliphatic carbocycles. The predicted octanol–water partition coefficient (Wildman–Crippen LogP) is 0.924. The summed E-state index contributed by atoms with van der Waals surface area (Å²) in [6.45, 7) is -0.000547. The predicted molar refractivity (Wildman–Crippen MR) is 49.8 cm³/mol. The molecular weight excluding hydrogens is 182 g/mol. The van der Waals surface area contributed by atoms with Gasteiger partial charge < -0.3 is 14.8 Å². The number of amides is 1. The first-order valence-electron chi connectivity index (χ1n) is 4.73. The molecule has 0 saturated heterocycles. The van der Waals surface area contributed by atoms with Gasteiger partial charge in [-0.1, -0.05) is 0 Å². The molecule has 76 valence electrons. The molecule has 4 nitrogen and oxygen atoms in total. The molecule has 2 N–H and O–H groups in total. The van der Waals surface area contributed by atoms with Crippen molar-refractivity contribution in [3.8, 4) is 0 Å². The lowest BCUT2D eigenvalue weighted by molar-refractivity contribution is 0.0619. The number of hydrogen-bond acceptors (Lipinski definition) is 3. The first-order chi connectivity index (χ1) is 6.76. The van der Waals surface area contributed by atoms with Crippen LogP contribution in [0.2, 0.25) is 0 Å². The normalized spacial score (nSPS) is 18.6. The van der Waals surface area contributed by atoms with Crippen LogP contribution in [0.1, 0.15) is 29.8 Å². The van der Waals surface area contributed by atoms with Crippen LogP contribution in [0.5, 0.6) is 0 Å². The average Bonchev–Trinajstić information content (AvgIpc) is 2.63. The monoisotopic (exact) mass is 195 g/mol. The third-order valence-corrected chi connectivity index (χ3v) is 2.74. The molecular formula is C10H13NO3. The van der Waals surface area contributed by atoms with E-state index in [1.54, 1.807) is 12.1 Å². The van der Waals surface area contributed by atoms with Gasteiger partial charge in [0.05, 0.1) is 18.4 Å². The fourth-order valence-electron chi connectivity index (χ4n) is 1.64. The minimum absolute atomic E-state index is 0.000547. The standard InChI is InChI=1S/C10H13NO3/c12-7-10(4-2-5-10)11-9(13)8-3-1-6-14-8/h1,3,6,12H,2,4-5,7H2,(H,11,13). The second kappa shape index (κ2) is 3.46. The molecule has 14 heavy (non-hydrogen) atoms. The highest BCUT2D eigenvalue weighted by molar-refractivity contribution is 5.92. The molecule has 4 heteroatoms. The number of aliphatic hydroxyl groups excluding tert-OH is 1. The Morgan fingerprint density at radius 1 is 1.64 bits per heavy atom. The van der Waals surface area contributed by atoms with Crippen LogP contribution in [0.4, 0.5) is 0 Å². The number of carbonyl (C=O) groups is 1. The van der Waals surface area contributed by atoms with Crippen molar-refractivity contribution in [1.29, 1.82) is 0 Å². The summed E-state index contributed by atoms with van der Waals surface area (Å²) in [4.78, 5) is 11.6. The first kappa shape index (κ1) is 9.27. The van der Waals surface area contributed by atoms with E-state index in [0.29, 0.717) is 5.76 Å². The molecule has 1 aliphatic rings. The molecule has 0 unspecified atom stereocenters. The van der Waals surface area contributed by atoms with Crippen molar-refractivity contribution in [2.24, 2.45) is 0 Å². The van der Waals surface area contributed by atoms with Gasteiger partial charge in [-0.3, -0.25) is 4.79 Å². The van der Waals surface area contributed by atoms with Gasteiger partial charge >= 0.3 is 0 Å². The largest absolute Gasteiger partial charge is 0.459 e. The lowest BCUT2D eigenvalue weighted by atomic mass is 9.77. The van der Waals surface area contributed by atoms with E-state index < -0.39 is 5.54 Å². The zero-order valence-electron chi connectivity index (χ0n) is 7.82. The quantitative estimate of drug-likeness (QED) is 0.754. The van der Waals surface area contributed by atoms with Crippen LogP contribution in [-0.4, -0.2) is 23.2 Å².